The first-order valence-electron chi connectivity index (χ1n) is 6.38. The minimum absolute atomic E-state index is 0.127. The molecule has 0 saturated carbocycles. The van der Waals surface area contributed by atoms with Crippen molar-refractivity contribution in [1.29, 1.82) is 0 Å². The zero-order valence-corrected chi connectivity index (χ0v) is 10.9. The molecule has 0 bridgehead atoms. The van der Waals surface area contributed by atoms with Gasteiger partial charge < -0.3 is 15.8 Å². The van der Waals surface area contributed by atoms with Gasteiger partial charge in [0.15, 0.2) is 0 Å². The van der Waals surface area contributed by atoms with E-state index in [4.69, 9.17) is 10.5 Å². The molecule has 5 heteroatoms. The molecule has 1 unspecified atom stereocenters. The molecule has 0 radical (unpaired) electrons. The second kappa shape index (κ2) is 7.63. The molecule has 1 aliphatic rings. The van der Waals surface area contributed by atoms with Crippen LogP contribution >= 0.6 is 0 Å². The Morgan fingerprint density at radius 3 is 2.71 bits per heavy atom. The molecule has 1 rings (SSSR count). The van der Waals surface area contributed by atoms with Crippen LogP contribution in [0.4, 0.5) is 0 Å². The zero-order chi connectivity index (χ0) is 12.7. The maximum absolute atomic E-state index is 11.1. The molecule has 3 N–H and O–H groups in total. The largest absolute Gasteiger partial charge is 0.383 e. The Morgan fingerprint density at radius 2 is 2.18 bits per heavy atom. The molecule has 0 aromatic rings. The maximum atomic E-state index is 11.1. The van der Waals surface area contributed by atoms with E-state index >= 15 is 0 Å². The van der Waals surface area contributed by atoms with Gasteiger partial charge in [-0.3, -0.25) is 9.69 Å². The molecule has 1 heterocycles. The second-order valence-electron chi connectivity index (χ2n) is 4.75. The van der Waals surface area contributed by atoms with Crippen molar-refractivity contribution in [2.75, 3.05) is 39.9 Å². The Balaban J connectivity index is 2.15. The molecule has 0 aliphatic carbocycles. The lowest BCUT2D eigenvalue weighted by atomic mass is 9.96. The summed E-state index contributed by atoms with van der Waals surface area (Å²) in [6.07, 6.45) is 2.27. The summed E-state index contributed by atoms with van der Waals surface area (Å²) < 4.78 is 4.98. The first kappa shape index (κ1) is 14.4. The van der Waals surface area contributed by atoms with E-state index in [-0.39, 0.29) is 11.9 Å². The number of methoxy groups -OCH3 is 1. The number of primary amides is 1. The number of nitrogens with zero attached hydrogens (tertiary/aromatic N) is 1. The Bertz CT molecular complexity index is 228. The van der Waals surface area contributed by atoms with Gasteiger partial charge in [-0.15, -0.1) is 0 Å². The van der Waals surface area contributed by atoms with Crippen molar-refractivity contribution in [3.05, 3.63) is 0 Å². The zero-order valence-electron chi connectivity index (χ0n) is 10.9. The molecular formula is C12H25N3O2. The van der Waals surface area contributed by atoms with Crippen molar-refractivity contribution >= 4 is 5.91 Å². The van der Waals surface area contributed by atoms with Crippen LogP contribution in [0.2, 0.25) is 0 Å². The Kier molecular flexibility index (Phi) is 6.47. The van der Waals surface area contributed by atoms with E-state index in [1.165, 1.54) is 0 Å². The topological polar surface area (TPSA) is 67.6 Å². The van der Waals surface area contributed by atoms with E-state index in [0.29, 0.717) is 5.92 Å². The van der Waals surface area contributed by atoms with Gasteiger partial charge in [0, 0.05) is 13.7 Å². The third kappa shape index (κ3) is 5.02. The SMILES string of the molecule is COCCNCC1CCN(C(C)C(N)=O)CC1. The molecule has 1 atom stereocenters. The average molecular weight is 243 g/mol. The molecule has 0 aromatic heterocycles. The minimum atomic E-state index is -0.221. The van der Waals surface area contributed by atoms with E-state index in [1.807, 2.05) is 6.92 Å². The number of amides is 1. The Morgan fingerprint density at radius 1 is 1.53 bits per heavy atom. The first-order chi connectivity index (χ1) is 8.15. The monoisotopic (exact) mass is 243 g/mol. The molecule has 1 fully saturated rings. The Hall–Kier alpha value is -0.650. The summed E-state index contributed by atoms with van der Waals surface area (Å²) in [4.78, 5) is 13.3. The predicted molar refractivity (Wildman–Crippen MR) is 67.7 cm³/mol. The van der Waals surface area contributed by atoms with Crippen LogP contribution in [-0.4, -0.2) is 56.7 Å². The third-order valence-electron chi connectivity index (χ3n) is 3.52. The predicted octanol–water partition coefficient (Wildman–Crippen LogP) is -0.192. The van der Waals surface area contributed by atoms with Gasteiger partial charge in [-0.05, 0) is 45.3 Å². The van der Waals surface area contributed by atoms with E-state index in [9.17, 15) is 4.79 Å². The van der Waals surface area contributed by atoms with Crippen LogP contribution in [0, 0.1) is 5.92 Å². The number of ether oxygens (including phenoxy) is 1. The van der Waals surface area contributed by atoms with Gasteiger partial charge in [0.05, 0.1) is 12.6 Å². The van der Waals surface area contributed by atoms with Crippen LogP contribution in [0.1, 0.15) is 19.8 Å². The summed E-state index contributed by atoms with van der Waals surface area (Å²) in [6, 6.07) is -0.127. The van der Waals surface area contributed by atoms with Gasteiger partial charge >= 0.3 is 0 Å². The van der Waals surface area contributed by atoms with Crippen molar-refractivity contribution in [1.82, 2.24) is 10.2 Å². The highest BCUT2D eigenvalue weighted by molar-refractivity contribution is 5.79. The summed E-state index contributed by atoms with van der Waals surface area (Å²) in [7, 11) is 1.71. The lowest BCUT2D eigenvalue weighted by Crippen LogP contribution is -2.47. The maximum Gasteiger partial charge on any atom is 0.234 e. The van der Waals surface area contributed by atoms with Crippen LogP contribution in [-0.2, 0) is 9.53 Å². The molecule has 1 saturated heterocycles. The number of hydrogen-bond acceptors (Lipinski definition) is 4. The number of hydrogen-bond donors (Lipinski definition) is 2. The van der Waals surface area contributed by atoms with Gasteiger partial charge in [0.25, 0.3) is 0 Å². The van der Waals surface area contributed by atoms with Crippen molar-refractivity contribution in [3.63, 3.8) is 0 Å². The molecule has 0 aromatic carbocycles. The molecule has 1 amide bonds. The van der Waals surface area contributed by atoms with E-state index < -0.39 is 0 Å². The highest BCUT2D eigenvalue weighted by Gasteiger charge is 2.24. The van der Waals surface area contributed by atoms with Gasteiger partial charge in [0.2, 0.25) is 5.91 Å². The van der Waals surface area contributed by atoms with Gasteiger partial charge in [-0.25, -0.2) is 0 Å². The second-order valence-corrected chi connectivity index (χ2v) is 4.75. The molecule has 1 aliphatic heterocycles. The number of carbonyl (C=O) groups is 1. The standard InChI is InChI=1S/C12H25N3O2/c1-10(12(13)16)15-6-3-11(4-7-15)9-14-5-8-17-2/h10-11,14H,3-9H2,1-2H3,(H2,13,16). The molecular weight excluding hydrogens is 218 g/mol. The number of nitrogens with two attached hydrogens (primary N) is 1. The number of likely N-dealkylation sites (tertiary alicyclic amines) is 1. The van der Waals surface area contributed by atoms with Crippen LogP contribution < -0.4 is 11.1 Å². The summed E-state index contributed by atoms with van der Waals surface area (Å²) in [5.41, 5.74) is 5.31. The van der Waals surface area contributed by atoms with Crippen molar-refractivity contribution in [2.45, 2.75) is 25.8 Å². The normalized spacial score (nSPS) is 20.4. The van der Waals surface area contributed by atoms with Crippen molar-refractivity contribution in [2.24, 2.45) is 11.7 Å². The van der Waals surface area contributed by atoms with Crippen LogP contribution in [0.3, 0.4) is 0 Å². The molecule has 100 valence electrons. The summed E-state index contributed by atoms with van der Waals surface area (Å²) in [5, 5.41) is 3.39. The van der Waals surface area contributed by atoms with Gasteiger partial charge in [0.1, 0.15) is 0 Å². The van der Waals surface area contributed by atoms with E-state index in [1.54, 1.807) is 7.11 Å². The number of carbonyl (C=O) groups excluding carboxylic acids is 1. The fraction of sp³-hybridized carbons (Fsp3) is 0.917. The summed E-state index contributed by atoms with van der Waals surface area (Å²) in [5.74, 6) is 0.491. The number of rotatable bonds is 7. The first-order valence-corrected chi connectivity index (χ1v) is 6.38. The lowest BCUT2D eigenvalue weighted by Gasteiger charge is -2.34. The average Bonchev–Trinajstić information content (AvgIpc) is 2.34. The Labute approximate surface area is 104 Å². The third-order valence-corrected chi connectivity index (χ3v) is 3.52. The van der Waals surface area contributed by atoms with Gasteiger partial charge in [-0.1, -0.05) is 0 Å². The van der Waals surface area contributed by atoms with Crippen molar-refractivity contribution < 1.29 is 9.53 Å². The highest BCUT2D eigenvalue weighted by atomic mass is 16.5. The van der Waals surface area contributed by atoms with Gasteiger partial charge in [-0.2, -0.15) is 0 Å². The highest BCUT2D eigenvalue weighted by Crippen LogP contribution is 2.18. The van der Waals surface area contributed by atoms with Crippen LogP contribution in [0.5, 0.6) is 0 Å². The van der Waals surface area contributed by atoms with Crippen molar-refractivity contribution in [3.8, 4) is 0 Å². The summed E-state index contributed by atoms with van der Waals surface area (Å²) in [6.45, 7) is 6.55. The fourth-order valence-corrected chi connectivity index (χ4v) is 2.20. The number of piperidine rings is 1. The molecule has 5 nitrogen and oxygen atoms in total. The van der Waals surface area contributed by atoms with Crippen LogP contribution in [0.15, 0.2) is 0 Å². The molecule has 17 heavy (non-hydrogen) atoms. The molecule has 0 spiro atoms. The van der Waals surface area contributed by atoms with E-state index in [0.717, 1.165) is 45.6 Å². The van der Waals surface area contributed by atoms with Crippen LogP contribution in [0.25, 0.3) is 0 Å². The summed E-state index contributed by atoms with van der Waals surface area (Å²) >= 11 is 0. The fourth-order valence-electron chi connectivity index (χ4n) is 2.20. The quantitative estimate of drug-likeness (QED) is 0.608. The smallest absolute Gasteiger partial charge is 0.234 e. The number of nitrogens with one attached hydrogen (secondary N) is 1. The van der Waals surface area contributed by atoms with E-state index in [2.05, 4.69) is 10.2 Å². The minimum Gasteiger partial charge on any atom is -0.383 e. The lowest BCUT2D eigenvalue weighted by molar-refractivity contribution is -0.123.